The quantitative estimate of drug-likeness (QED) is 0.648. The normalized spacial score (nSPS) is 14.4. The van der Waals surface area contributed by atoms with E-state index in [1.165, 1.54) is 11.3 Å². The summed E-state index contributed by atoms with van der Waals surface area (Å²) in [4.78, 5) is 40.1. The number of carbonyl (C=O) groups excluding carboxylic acids is 3. The van der Waals surface area contributed by atoms with Gasteiger partial charge in [0.15, 0.2) is 5.78 Å². The SMILES string of the molecule is Cc1ccc(C(=O)CCC(=O)Nc2ccc(NC(=O)CN3CCOCC3)cc2)s1. The Bertz CT molecular complexity index is 857. The van der Waals surface area contributed by atoms with E-state index in [0.717, 1.165) is 18.0 Å². The number of ether oxygens (including phenoxy) is 1. The van der Waals surface area contributed by atoms with Gasteiger partial charge in [0.1, 0.15) is 0 Å². The van der Waals surface area contributed by atoms with Crippen molar-refractivity contribution in [1.29, 1.82) is 0 Å². The van der Waals surface area contributed by atoms with E-state index in [4.69, 9.17) is 4.74 Å². The predicted octanol–water partition coefficient (Wildman–Crippen LogP) is 2.93. The minimum Gasteiger partial charge on any atom is -0.379 e. The van der Waals surface area contributed by atoms with Crippen molar-refractivity contribution in [3.63, 3.8) is 0 Å². The Morgan fingerprint density at radius 2 is 1.55 bits per heavy atom. The maximum Gasteiger partial charge on any atom is 0.238 e. The number of ketones is 1. The summed E-state index contributed by atoms with van der Waals surface area (Å²) >= 11 is 1.44. The summed E-state index contributed by atoms with van der Waals surface area (Å²) in [6, 6.07) is 10.6. The monoisotopic (exact) mass is 415 g/mol. The van der Waals surface area contributed by atoms with Gasteiger partial charge in [0.25, 0.3) is 0 Å². The molecule has 0 unspecified atom stereocenters. The van der Waals surface area contributed by atoms with Gasteiger partial charge < -0.3 is 15.4 Å². The first-order valence-corrected chi connectivity index (χ1v) is 10.4. The fourth-order valence-corrected chi connectivity index (χ4v) is 3.79. The molecule has 1 aliphatic heterocycles. The number of morpholine rings is 1. The lowest BCUT2D eigenvalue weighted by molar-refractivity contribution is -0.118. The van der Waals surface area contributed by atoms with Crippen LogP contribution in [0.15, 0.2) is 36.4 Å². The van der Waals surface area contributed by atoms with Crippen molar-refractivity contribution in [2.45, 2.75) is 19.8 Å². The van der Waals surface area contributed by atoms with E-state index in [2.05, 4.69) is 10.6 Å². The van der Waals surface area contributed by atoms with Crippen LogP contribution in [0.4, 0.5) is 11.4 Å². The van der Waals surface area contributed by atoms with Crippen LogP contribution >= 0.6 is 11.3 Å². The number of hydrogen-bond donors (Lipinski definition) is 2. The minimum absolute atomic E-state index is 0.0171. The van der Waals surface area contributed by atoms with Gasteiger partial charge in [0.2, 0.25) is 11.8 Å². The highest BCUT2D eigenvalue weighted by atomic mass is 32.1. The Hall–Kier alpha value is -2.55. The molecule has 2 amide bonds. The van der Waals surface area contributed by atoms with Crippen LogP contribution in [0.5, 0.6) is 0 Å². The van der Waals surface area contributed by atoms with E-state index < -0.39 is 0 Å². The second-order valence-corrected chi connectivity index (χ2v) is 8.18. The van der Waals surface area contributed by atoms with Gasteiger partial charge in [-0.1, -0.05) is 0 Å². The largest absolute Gasteiger partial charge is 0.379 e. The van der Waals surface area contributed by atoms with E-state index in [-0.39, 0.29) is 30.4 Å². The van der Waals surface area contributed by atoms with Gasteiger partial charge in [-0.2, -0.15) is 0 Å². The summed E-state index contributed by atoms with van der Waals surface area (Å²) in [5.74, 6) is -0.307. The van der Waals surface area contributed by atoms with E-state index in [0.29, 0.717) is 36.0 Å². The Morgan fingerprint density at radius 1 is 0.931 bits per heavy atom. The number of thiophene rings is 1. The molecule has 0 saturated carbocycles. The zero-order valence-corrected chi connectivity index (χ0v) is 17.2. The Morgan fingerprint density at radius 3 is 2.14 bits per heavy atom. The first-order chi connectivity index (χ1) is 14.0. The maximum absolute atomic E-state index is 12.1. The van der Waals surface area contributed by atoms with Crippen LogP contribution < -0.4 is 10.6 Å². The average Bonchev–Trinajstić information content (AvgIpc) is 3.15. The molecule has 7 nitrogen and oxygen atoms in total. The molecule has 1 fully saturated rings. The van der Waals surface area contributed by atoms with Crippen LogP contribution in [0.2, 0.25) is 0 Å². The molecule has 1 aliphatic rings. The molecule has 2 heterocycles. The second kappa shape index (κ2) is 10.3. The number of Topliss-reactive ketones (excluding diaryl/α,β-unsaturated/α-hetero) is 1. The number of nitrogens with zero attached hydrogens (tertiary/aromatic N) is 1. The summed E-state index contributed by atoms with van der Waals surface area (Å²) < 4.78 is 5.27. The predicted molar refractivity (Wildman–Crippen MR) is 114 cm³/mol. The Kier molecular flexibility index (Phi) is 7.51. The molecule has 3 rings (SSSR count). The Labute approximate surface area is 174 Å². The molecular formula is C21H25N3O4S. The summed E-state index contributed by atoms with van der Waals surface area (Å²) in [5.41, 5.74) is 1.30. The minimum atomic E-state index is -0.212. The maximum atomic E-state index is 12.1. The molecule has 0 atom stereocenters. The van der Waals surface area contributed by atoms with Gasteiger partial charge in [0, 0.05) is 42.2 Å². The van der Waals surface area contributed by atoms with E-state index >= 15 is 0 Å². The highest BCUT2D eigenvalue weighted by Crippen LogP contribution is 2.18. The van der Waals surface area contributed by atoms with Crippen LogP contribution in [0.3, 0.4) is 0 Å². The number of benzene rings is 1. The molecule has 0 spiro atoms. The van der Waals surface area contributed by atoms with Crippen LogP contribution in [0.25, 0.3) is 0 Å². The van der Waals surface area contributed by atoms with Crippen molar-refractivity contribution >= 4 is 40.3 Å². The van der Waals surface area contributed by atoms with Gasteiger partial charge in [-0.15, -0.1) is 11.3 Å². The Balaban J connectivity index is 1.41. The molecule has 0 aliphatic carbocycles. The molecule has 1 aromatic heterocycles. The number of rotatable bonds is 8. The lowest BCUT2D eigenvalue weighted by atomic mass is 10.2. The molecule has 1 saturated heterocycles. The van der Waals surface area contributed by atoms with E-state index in [1.807, 2.05) is 17.9 Å². The first kappa shape index (κ1) is 21.2. The molecule has 154 valence electrons. The van der Waals surface area contributed by atoms with Gasteiger partial charge in [-0.3, -0.25) is 19.3 Å². The van der Waals surface area contributed by atoms with Crippen molar-refractivity contribution in [3.05, 3.63) is 46.2 Å². The molecule has 0 bridgehead atoms. The highest BCUT2D eigenvalue weighted by molar-refractivity contribution is 7.14. The van der Waals surface area contributed by atoms with Gasteiger partial charge >= 0.3 is 0 Å². The van der Waals surface area contributed by atoms with Crippen molar-refractivity contribution in [2.75, 3.05) is 43.5 Å². The molecule has 29 heavy (non-hydrogen) atoms. The van der Waals surface area contributed by atoms with Gasteiger partial charge in [-0.05, 0) is 43.3 Å². The third-order valence-electron chi connectivity index (χ3n) is 4.52. The van der Waals surface area contributed by atoms with Crippen molar-refractivity contribution in [3.8, 4) is 0 Å². The number of amides is 2. The smallest absolute Gasteiger partial charge is 0.238 e. The zero-order chi connectivity index (χ0) is 20.6. The van der Waals surface area contributed by atoms with E-state index in [1.54, 1.807) is 30.3 Å². The summed E-state index contributed by atoms with van der Waals surface area (Å²) in [6.45, 7) is 5.10. The molecule has 2 aromatic rings. The molecular weight excluding hydrogens is 390 g/mol. The van der Waals surface area contributed by atoms with Crippen LogP contribution in [-0.2, 0) is 14.3 Å². The van der Waals surface area contributed by atoms with Crippen molar-refractivity contribution in [1.82, 2.24) is 4.90 Å². The fourth-order valence-electron chi connectivity index (χ4n) is 2.96. The number of hydrogen-bond acceptors (Lipinski definition) is 6. The molecule has 2 N–H and O–H groups in total. The number of anilines is 2. The molecule has 8 heteroatoms. The zero-order valence-electron chi connectivity index (χ0n) is 16.4. The number of nitrogens with one attached hydrogen (secondary N) is 2. The summed E-state index contributed by atoms with van der Waals surface area (Å²) in [6.07, 6.45) is 0.315. The molecule has 0 radical (unpaired) electrons. The van der Waals surface area contributed by atoms with Crippen LogP contribution in [0, 0.1) is 6.92 Å². The van der Waals surface area contributed by atoms with E-state index in [9.17, 15) is 14.4 Å². The third kappa shape index (κ3) is 6.77. The summed E-state index contributed by atoms with van der Waals surface area (Å²) in [5, 5.41) is 5.63. The number of aryl methyl sites for hydroxylation is 1. The fraction of sp³-hybridized carbons (Fsp3) is 0.381. The highest BCUT2D eigenvalue weighted by Gasteiger charge is 2.14. The van der Waals surface area contributed by atoms with Gasteiger partial charge in [0.05, 0.1) is 24.6 Å². The van der Waals surface area contributed by atoms with Crippen molar-refractivity contribution < 1.29 is 19.1 Å². The first-order valence-electron chi connectivity index (χ1n) is 9.59. The lowest BCUT2D eigenvalue weighted by Crippen LogP contribution is -2.41. The molecule has 1 aromatic carbocycles. The standard InChI is InChI=1S/C21H25N3O4S/c1-15-2-8-19(29-15)18(25)7-9-20(26)22-16-3-5-17(6-4-16)23-21(27)14-24-10-12-28-13-11-24/h2-6,8H,7,9-14H2,1H3,(H,22,26)(H,23,27). The van der Waals surface area contributed by atoms with Crippen LogP contribution in [-0.4, -0.2) is 55.3 Å². The summed E-state index contributed by atoms with van der Waals surface area (Å²) in [7, 11) is 0. The van der Waals surface area contributed by atoms with Crippen LogP contribution in [0.1, 0.15) is 27.4 Å². The number of carbonyl (C=O) groups is 3. The van der Waals surface area contributed by atoms with Gasteiger partial charge in [-0.25, -0.2) is 0 Å². The lowest BCUT2D eigenvalue weighted by Gasteiger charge is -2.25. The third-order valence-corrected chi connectivity index (χ3v) is 5.56. The second-order valence-electron chi connectivity index (χ2n) is 6.90. The topological polar surface area (TPSA) is 87.7 Å². The van der Waals surface area contributed by atoms with Crippen molar-refractivity contribution in [2.24, 2.45) is 0 Å². The average molecular weight is 416 g/mol.